The summed E-state index contributed by atoms with van der Waals surface area (Å²) in [5.74, 6) is -0.564. The van der Waals surface area contributed by atoms with Crippen LogP contribution in [0.2, 0.25) is 0 Å². The number of rotatable bonds is 6. The van der Waals surface area contributed by atoms with Crippen LogP contribution in [-0.4, -0.2) is 30.2 Å². The molecule has 0 saturated heterocycles. The Hall–Kier alpha value is -1.46. The van der Waals surface area contributed by atoms with Gasteiger partial charge in [-0.25, -0.2) is 4.39 Å². The first kappa shape index (κ1) is 16.6. The number of halogens is 1. The van der Waals surface area contributed by atoms with Gasteiger partial charge in [-0.15, -0.1) is 0 Å². The second kappa shape index (κ2) is 7.36. The van der Waals surface area contributed by atoms with Crippen LogP contribution in [0.4, 0.5) is 10.1 Å². The fraction of sp³-hybridized carbons (Fsp3) is 0.533. The Morgan fingerprint density at radius 1 is 1.30 bits per heavy atom. The minimum Gasteiger partial charge on any atom is -0.392 e. The molecule has 0 fully saturated rings. The van der Waals surface area contributed by atoms with E-state index in [2.05, 4.69) is 31.4 Å². The molecule has 0 aliphatic heterocycles. The first-order chi connectivity index (χ1) is 9.26. The lowest BCUT2D eigenvalue weighted by molar-refractivity contribution is -0.115. The molecule has 1 aromatic rings. The molecule has 1 amide bonds. The zero-order chi connectivity index (χ0) is 15.2. The molecule has 3 N–H and O–H groups in total. The van der Waals surface area contributed by atoms with E-state index in [9.17, 15) is 14.3 Å². The molecule has 0 aliphatic rings. The Balaban J connectivity index is 2.25. The Kier molecular flexibility index (Phi) is 6.10. The number of benzene rings is 1. The van der Waals surface area contributed by atoms with Gasteiger partial charge in [0.15, 0.2) is 0 Å². The third kappa shape index (κ3) is 7.21. The molecule has 1 aromatic carbocycles. The molecule has 0 aromatic heterocycles. The summed E-state index contributed by atoms with van der Waals surface area (Å²) in [7, 11) is 0. The van der Waals surface area contributed by atoms with Crippen molar-refractivity contribution in [3.8, 4) is 0 Å². The van der Waals surface area contributed by atoms with Gasteiger partial charge in [-0.2, -0.15) is 0 Å². The topological polar surface area (TPSA) is 61.4 Å². The van der Waals surface area contributed by atoms with E-state index < -0.39 is 6.10 Å². The third-order valence-corrected chi connectivity index (χ3v) is 2.64. The lowest BCUT2D eigenvalue weighted by atomic mass is 9.89. The molecule has 5 heteroatoms. The normalized spacial score (nSPS) is 13.1. The second-order valence-electron chi connectivity index (χ2n) is 6.10. The smallest absolute Gasteiger partial charge is 0.238 e. The number of hydrogen-bond acceptors (Lipinski definition) is 3. The van der Waals surface area contributed by atoms with E-state index in [-0.39, 0.29) is 23.7 Å². The Morgan fingerprint density at radius 3 is 2.45 bits per heavy atom. The number of nitrogens with one attached hydrogen (secondary N) is 2. The second-order valence-corrected chi connectivity index (χ2v) is 6.10. The summed E-state index contributed by atoms with van der Waals surface area (Å²) in [5, 5.41) is 15.3. The van der Waals surface area contributed by atoms with Gasteiger partial charge >= 0.3 is 0 Å². The molecule has 0 radical (unpaired) electrons. The van der Waals surface area contributed by atoms with E-state index in [0.717, 1.165) is 0 Å². The summed E-state index contributed by atoms with van der Waals surface area (Å²) in [6.07, 6.45) is 0.188. The number of carbonyl (C=O) groups excluding carboxylic acids is 1. The van der Waals surface area contributed by atoms with E-state index in [0.29, 0.717) is 18.7 Å². The van der Waals surface area contributed by atoms with Gasteiger partial charge in [0, 0.05) is 12.2 Å². The van der Waals surface area contributed by atoms with Crippen LogP contribution in [-0.2, 0) is 4.79 Å². The zero-order valence-corrected chi connectivity index (χ0v) is 12.2. The fourth-order valence-electron chi connectivity index (χ4n) is 1.87. The molecule has 0 heterocycles. The van der Waals surface area contributed by atoms with Gasteiger partial charge in [-0.3, -0.25) is 4.79 Å². The van der Waals surface area contributed by atoms with Gasteiger partial charge in [-0.05, 0) is 36.1 Å². The lowest BCUT2D eigenvalue weighted by Crippen LogP contribution is -2.35. The first-order valence-electron chi connectivity index (χ1n) is 6.70. The van der Waals surface area contributed by atoms with Crippen LogP contribution >= 0.6 is 0 Å². The highest BCUT2D eigenvalue weighted by Gasteiger charge is 2.16. The van der Waals surface area contributed by atoms with Crippen LogP contribution in [0.25, 0.3) is 0 Å². The van der Waals surface area contributed by atoms with Crippen molar-refractivity contribution in [3.63, 3.8) is 0 Å². The predicted molar refractivity (Wildman–Crippen MR) is 78.0 cm³/mol. The van der Waals surface area contributed by atoms with Crippen molar-refractivity contribution < 1.29 is 14.3 Å². The highest BCUT2D eigenvalue weighted by molar-refractivity contribution is 5.92. The van der Waals surface area contributed by atoms with Crippen molar-refractivity contribution in [1.82, 2.24) is 5.32 Å². The number of carbonyl (C=O) groups is 1. The first-order valence-corrected chi connectivity index (χ1v) is 6.70. The highest BCUT2D eigenvalue weighted by Crippen LogP contribution is 2.20. The molecule has 0 bridgehead atoms. The van der Waals surface area contributed by atoms with Crippen LogP contribution in [0.3, 0.4) is 0 Å². The summed E-state index contributed by atoms with van der Waals surface area (Å²) in [6, 6.07) is 5.58. The molecule has 1 atom stereocenters. The summed E-state index contributed by atoms with van der Waals surface area (Å²) in [6.45, 7) is 6.64. The van der Waals surface area contributed by atoms with Crippen LogP contribution in [0.1, 0.15) is 27.2 Å². The van der Waals surface area contributed by atoms with E-state index in [1.165, 1.54) is 24.3 Å². The van der Waals surface area contributed by atoms with Crippen LogP contribution < -0.4 is 10.6 Å². The van der Waals surface area contributed by atoms with Crippen molar-refractivity contribution in [1.29, 1.82) is 0 Å². The van der Waals surface area contributed by atoms with E-state index in [4.69, 9.17) is 0 Å². The molecule has 0 aliphatic carbocycles. The molecular formula is C15H23FN2O2. The Morgan fingerprint density at radius 2 is 1.90 bits per heavy atom. The monoisotopic (exact) mass is 282 g/mol. The number of anilines is 1. The van der Waals surface area contributed by atoms with Gasteiger partial charge in [0.05, 0.1) is 12.6 Å². The van der Waals surface area contributed by atoms with Gasteiger partial charge in [0.25, 0.3) is 0 Å². The Bertz CT molecular complexity index is 426. The minimum atomic E-state index is -0.478. The molecular weight excluding hydrogens is 259 g/mol. The highest BCUT2D eigenvalue weighted by atomic mass is 19.1. The van der Waals surface area contributed by atoms with Crippen LogP contribution in [0.5, 0.6) is 0 Å². The van der Waals surface area contributed by atoms with E-state index >= 15 is 0 Å². The van der Waals surface area contributed by atoms with Crippen molar-refractivity contribution in [2.24, 2.45) is 5.41 Å². The van der Waals surface area contributed by atoms with Crippen molar-refractivity contribution in [2.45, 2.75) is 33.3 Å². The lowest BCUT2D eigenvalue weighted by Gasteiger charge is -2.22. The maximum Gasteiger partial charge on any atom is 0.238 e. The van der Waals surface area contributed by atoms with E-state index in [1.54, 1.807) is 0 Å². The van der Waals surface area contributed by atoms with Gasteiger partial charge in [-0.1, -0.05) is 20.8 Å². The molecule has 112 valence electrons. The quantitative estimate of drug-likeness (QED) is 0.749. The number of hydrogen-bond donors (Lipinski definition) is 3. The minimum absolute atomic E-state index is 0.0530. The van der Waals surface area contributed by atoms with Crippen molar-refractivity contribution in [2.75, 3.05) is 18.4 Å². The Labute approximate surface area is 119 Å². The summed E-state index contributed by atoms with van der Waals surface area (Å²) < 4.78 is 12.7. The number of aliphatic hydroxyl groups excluding tert-OH is 1. The van der Waals surface area contributed by atoms with Gasteiger partial charge < -0.3 is 15.7 Å². The average Bonchev–Trinajstić information content (AvgIpc) is 2.29. The molecule has 1 unspecified atom stereocenters. The fourth-order valence-corrected chi connectivity index (χ4v) is 1.87. The SMILES string of the molecule is CC(C)(C)CC(O)CNCC(=O)Nc1ccc(F)cc1. The molecule has 0 saturated carbocycles. The van der Waals surface area contributed by atoms with Crippen molar-refractivity contribution >= 4 is 11.6 Å². The number of aliphatic hydroxyl groups is 1. The number of amides is 1. The van der Waals surface area contributed by atoms with Crippen LogP contribution in [0.15, 0.2) is 24.3 Å². The zero-order valence-electron chi connectivity index (χ0n) is 12.2. The third-order valence-electron chi connectivity index (χ3n) is 2.64. The maximum atomic E-state index is 12.7. The van der Waals surface area contributed by atoms with Gasteiger partial charge in [0.1, 0.15) is 5.82 Å². The van der Waals surface area contributed by atoms with Crippen molar-refractivity contribution in [3.05, 3.63) is 30.1 Å². The molecule has 0 spiro atoms. The standard InChI is InChI=1S/C15H23FN2O2/c1-15(2,3)8-13(19)9-17-10-14(20)18-12-6-4-11(16)5-7-12/h4-7,13,17,19H,8-10H2,1-3H3,(H,18,20). The van der Waals surface area contributed by atoms with E-state index in [1.807, 2.05) is 0 Å². The molecule has 4 nitrogen and oxygen atoms in total. The summed E-state index contributed by atoms with van der Waals surface area (Å²) in [5.41, 5.74) is 0.603. The summed E-state index contributed by atoms with van der Waals surface area (Å²) >= 11 is 0. The summed E-state index contributed by atoms with van der Waals surface area (Å²) in [4.78, 5) is 11.6. The van der Waals surface area contributed by atoms with Crippen LogP contribution in [0, 0.1) is 11.2 Å². The largest absolute Gasteiger partial charge is 0.392 e. The maximum absolute atomic E-state index is 12.7. The molecule has 1 rings (SSSR count). The predicted octanol–water partition coefficient (Wildman–Crippen LogP) is 2.15. The molecule has 20 heavy (non-hydrogen) atoms. The average molecular weight is 282 g/mol. The van der Waals surface area contributed by atoms with Gasteiger partial charge in [0.2, 0.25) is 5.91 Å².